The number of nitrogens with zero attached hydrogens (tertiary/aromatic N) is 1. The molecule has 0 spiro atoms. The molecule has 2 rings (SSSR count). The molecule has 7 heteroatoms. The van der Waals surface area contributed by atoms with Gasteiger partial charge in [0.05, 0.1) is 5.69 Å². The van der Waals surface area contributed by atoms with Crippen LogP contribution in [-0.2, 0) is 0 Å². The largest absolute Gasteiger partial charge is 0.409 e. The summed E-state index contributed by atoms with van der Waals surface area (Å²) < 4.78 is 13.4. The summed E-state index contributed by atoms with van der Waals surface area (Å²) in [7, 11) is 0. The summed E-state index contributed by atoms with van der Waals surface area (Å²) in [5.41, 5.74) is 6.78. The molecule has 0 saturated carbocycles. The highest BCUT2D eigenvalue weighted by Crippen LogP contribution is 2.23. The van der Waals surface area contributed by atoms with Crippen LogP contribution in [0.5, 0.6) is 0 Å². The van der Waals surface area contributed by atoms with Gasteiger partial charge >= 0.3 is 0 Å². The van der Waals surface area contributed by atoms with E-state index in [4.69, 9.17) is 10.9 Å². The Morgan fingerprint density at radius 3 is 2.38 bits per heavy atom. The first-order valence-corrected chi connectivity index (χ1v) is 6.65. The summed E-state index contributed by atoms with van der Waals surface area (Å²) in [4.78, 5) is 12.1. The fourth-order valence-electron chi connectivity index (χ4n) is 1.64. The average Bonchev–Trinajstić information content (AvgIpc) is 2.49. The zero-order chi connectivity index (χ0) is 15.4. The third-order valence-corrected chi connectivity index (χ3v) is 3.39. The molecule has 0 saturated heterocycles. The Morgan fingerprint density at radius 1 is 1.19 bits per heavy atom. The van der Waals surface area contributed by atoms with E-state index in [2.05, 4.69) is 26.4 Å². The Labute approximate surface area is 128 Å². The Hall–Kier alpha value is -2.41. The second kappa shape index (κ2) is 6.36. The van der Waals surface area contributed by atoms with Crippen molar-refractivity contribution in [1.29, 1.82) is 0 Å². The van der Waals surface area contributed by atoms with Crippen molar-refractivity contribution in [2.45, 2.75) is 0 Å². The molecule has 2 aromatic rings. The molecular weight excluding hydrogens is 341 g/mol. The van der Waals surface area contributed by atoms with Gasteiger partial charge in [-0.25, -0.2) is 4.39 Å². The van der Waals surface area contributed by atoms with Crippen LogP contribution in [0.3, 0.4) is 0 Å². The van der Waals surface area contributed by atoms with Crippen LogP contribution in [0, 0.1) is 5.82 Å². The second-order valence-electron chi connectivity index (χ2n) is 4.14. The summed E-state index contributed by atoms with van der Waals surface area (Å²) in [6, 6.07) is 10.2. The molecule has 0 aliphatic rings. The summed E-state index contributed by atoms with van der Waals surface area (Å²) in [6.07, 6.45) is 0. The highest BCUT2D eigenvalue weighted by Gasteiger charge is 2.09. The van der Waals surface area contributed by atoms with E-state index in [1.54, 1.807) is 24.3 Å². The molecule has 0 radical (unpaired) electrons. The SMILES string of the molecule is N/C(=N\O)c1ccc(C(=O)Nc2ccc(F)cc2Br)cc1. The molecule has 0 bridgehead atoms. The van der Waals surface area contributed by atoms with Crippen LogP contribution in [0.2, 0.25) is 0 Å². The van der Waals surface area contributed by atoms with Crippen molar-refractivity contribution in [3.8, 4) is 0 Å². The van der Waals surface area contributed by atoms with Crippen molar-refractivity contribution in [1.82, 2.24) is 0 Å². The molecule has 0 aliphatic carbocycles. The van der Waals surface area contributed by atoms with Gasteiger partial charge in [0.1, 0.15) is 5.82 Å². The normalized spacial score (nSPS) is 11.2. The number of amides is 1. The molecule has 0 aromatic heterocycles. The van der Waals surface area contributed by atoms with E-state index in [9.17, 15) is 9.18 Å². The van der Waals surface area contributed by atoms with Crippen LogP contribution >= 0.6 is 15.9 Å². The number of rotatable bonds is 3. The van der Waals surface area contributed by atoms with Crippen LogP contribution < -0.4 is 11.1 Å². The van der Waals surface area contributed by atoms with E-state index in [-0.39, 0.29) is 11.7 Å². The molecule has 2 aromatic carbocycles. The van der Waals surface area contributed by atoms with Crippen molar-refractivity contribution < 1.29 is 14.4 Å². The van der Waals surface area contributed by atoms with E-state index in [0.29, 0.717) is 21.3 Å². The third-order valence-electron chi connectivity index (χ3n) is 2.73. The van der Waals surface area contributed by atoms with Gasteiger partial charge in [-0.15, -0.1) is 0 Å². The van der Waals surface area contributed by atoms with Crippen molar-refractivity contribution in [3.63, 3.8) is 0 Å². The van der Waals surface area contributed by atoms with Gasteiger partial charge in [0.2, 0.25) is 0 Å². The molecule has 21 heavy (non-hydrogen) atoms. The van der Waals surface area contributed by atoms with Gasteiger partial charge in [0.15, 0.2) is 5.84 Å². The number of anilines is 1. The van der Waals surface area contributed by atoms with E-state index < -0.39 is 5.82 Å². The minimum Gasteiger partial charge on any atom is -0.409 e. The summed E-state index contributed by atoms with van der Waals surface area (Å²) in [5, 5.41) is 14.1. The number of halogens is 2. The molecule has 0 unspecified atom stereocenters. The van der Waals surface area contributed by atoms with Crippen LogP contribution in [0.1, 0.15) is 15.9 Å². The maximum Gasteiger partial charge on any atom is 0.255 e. The summed E-state index contributed by atoms with van der Waals surface area (Å²) in [5.74, 6) is -0.792. The topological polar surface area (TPSA) is 87.7 Å². The fraction of sp³-hybridized carbons (Fsp3) is 0. The molecule has 0 heterocycles. The average molecular weight is 352 g/mol. The van der Waals surface area contributed by atoms with Crippen molar-refractivity contribution in [2.24, 2.45) is 10.9 Å². The van der Waals surface area contributed by atoms with Gasteiger partial charge in [-0.1, -0.05) is 17.3 Å². The zero-order valence-electron chi connectivity index (χ0n) is 10.7. The lowest BCUT2D eigenvalue weighted by Crippen LogP contribution is -2.15. The van der Waals surface area contributed by atoms with Crippen molar-refractivity contribution >= 4 is 33.4 Å². The van der Waals surface area contributed by atoms with E-state index in [0.717, 1.165) is 0 Å². The molecule has 0 atom stereocenters. The number of carbonyl (C=O) groups excluding carboxylic acids is 1. The molecule has 4 N–H and O–H groups in total. The van der Waals surface area contributed by atoms with Gasteiger partial charge in [0, 0.05) is 15.6 Å². The molecule has 0 fully saturated rings. The number of amidine groups is 1. The van der Waals surface area contributed by atoms with Crippen LogP contribution in [0.15, 0.2) is 52.1 Å². The van der Waals surface area contributed by atoms with Crippen LogP contribution in [0.25, 0.3) is 0 Å². The van der Waals surface area contributed by atoms with Gasteiger partial charge < -0.3 is 16.3 Å². The number of nitrogens with one attached hydrogen (secondary N) is 1. The number of hydrogen-bond donors (Lipinski definition) is 3. The summed E-state index contributed by atoms with van der Waals surface area (Å²) in [6.45, 7) is 0. The standard InChI is InChI=1S/C14H11BrFN3O2/c15-11-7-10(16)5-6-12(11)18-14(20)9-3-1-8(2-4-9)13(17)19-21/h1-7,21H,(H2,17,19)(H,18,20). The van der Waals surface area contributed by atoms with Crippen LogP contribution in [-0.4, -0.2) is 17.0 Å². The molecule has 1 amide bonds. The number of benzene rings is 2. The van der Waals surface area contributed by atoms with Gasteiger partial charge in [-0.3, -0.25) is 4.79 Å². The first-order chi connectivity index (χ1) is 10.0. The van der Waals surface area contributed by atoms with Crippen LogP contribution in [0.4, 0.5) is 10.1 Å². The highest BCUT2D eigenvalue weighted by molar-refractivity contribution is 9.10. The number of hydrogen-bond acceptors (Lipinski definition) is 3. The molecular formula is C14H11BrFN3O2. The predicted octanol–water partition coefficient (Wildman–Crippen LogP) is 2.94. The smallest absolute Gasteiger partial charge is 0.255 e. The Kier molecular flexibility index (Phi) is 4.54. The monoisotopic (exact) mass is 351 g/mol. The van der Waals surface area contributed by atoms with Crippen molar-refractivity contribution in [3.05, 3.63) is 63.9 Å². The highest BCUT2D eigenvalue weighted by atomic mass is 79.9. The maximum atomic E-state index is 13.0. The Morgan fingerprint density at radius 2 is 1.81 bits per heavy atom. The predicted molar refractivity (Wildman–Crippen MR) is 81.0 cm³/mol. The number of oxime groups is 1. The second-order valence-corrected chi connectivity index (χ2v) is 5.00. The Balaban J connectivity index is 2.17. The maximum absolute atomic E-state index is 13.0. The molecule has 5 nitrogen and oxygen atoms in total. The minimum absolute atomic E-state index is 0.0387. The zero-order valence-corrected chi connectivity index (χ0v) is 12.3. The minimum atomic E-state index is -0.400. The quantitative estimate of drug-likeness (QED) is 0.344. The third kappa shape index (κ3) is 3.57. The van der Waals surface area contributed by atoms with Gasteiger partial charge in [-0.2, -0.15) is 0 Å². The first-order valence-electron chi connectivity index (χ1n) is 5.85. The van der Waals surface area contributed by atoms with Gasteiger partial charge in [0.25, 0.3) is 5.91 Å². The number of carbonyl (C=O) groups is 1. The lowest BCUT2D eigenvalue weighted by molar-refractivity contribution is 0.102. The molecule has 0 aliphatic heterocycles. The lowest BCUT2D eigenvalue weighted by Gasteiger charge is -2.08. The fourth-order valence-corrected chi connectivity index (χ4v) is 2.09. The van der Waals surface area contributed by atoms with E-state index >= 15 is 0 Å². The van der Waals surface area contributed by atoms with Gasteiger partial charge in [-0.05, 0) is 46.3 Å². The van der Waals surface area contributed by atoms with E-state index in [1.807, 2.05) is 0 Å². The summed E-state index contributed by atoms with van der Waals surface area (Å²) >= 11 is 3.17. The van der Waals surface area contributed by atoms with E-state index in [1.165, 1.54) is 18.2 Å². The number of nitrogens with two attached hydrogens (primary N) is 1. The van der Waals surface area contributed by atoms with Crippen molar-refractivity contribution in [2.75, 3.05) is 5.32 Å². The first kappa shape index (κ1) is 15.0. The lowest BCUT2D eigenvalue weighted by atomic mass is 10.1. The Bertz CT molecular complexity index is 702. The molecule has 108 valence electrons.